The predicted octanol–water partition coefficient (Wildman–Crippen LogP) is 5.63. The standard InChI is InChI=1S/C27H23FN2O3S/c1-19-16-17-29-26(30-19)33-24(25(31)32)27(21-10-6-3-7-11-21,22-12-14-23(28)15-13-22)34-18-20-8-4-2-5-9-20/h2-17,24H,18H2,1H3,(H,31,32). The van der Waals surface area contributed by atoms with Crippen LogP contribution < -0.4 is 4.74 Å². The zero-order valence-corrected chi connectivity index (χ0v) is 19.3. The lowest BCUT2D eigenvalue weighted by molar-refractivity contribution is -0.146. The number of aliphatic carboxylic acids is 1. The molecule has 0 aliphatic rings. The number of rotatable bonds is 9. The Morgan fingerprint density at radius 2 is 1.59 bits per heavy atom. The molecule has 34 heavy (non-hydrogen) atoms. The SMILES string of the molecule is Cc1ccnc(OC(C(=O)O)C(SCc2ccccc2)(c2ccccc2)c2ccc(F)cc2)n1. The summed E-state index contributed by atoms with van der Waals surface area (Å²) in [6.45, 7) is 1.78. The van der Waals surface area contributed by atoms with Crippen molar-refractivity contribution in [3.8, 4) is 6.01 Å². The molecule has 0 aliphatic carbocycles. The van der Waals surface area contributed by atoms with Crippen molar-refractivity contribution >= 4 is 17.7 Å². The van der Waals surface area contributed by atoms with E-state index in [1.54, 1.807) is 25.1 Å². The molecule has 4 aromatic rings. The molecule has 0 aliphatic heterocycles. The number of hydrogen-bond donors (Lipinski definition) is 1. The maximum atomic E-state index is 13.9. The number of carboxylic acids is 1. The normalized spacial score (nSPS) is 13.6. The molecule has 0 amide bonds. The highest BCUT2D eigenvalue weighted by molar-refractivity contribution is 7.99. The van der Waals surface area contributed by atoms with E-state index in [1.807, 2.05) is 60.7 Å². The Morgan fingerprint density at radius 1 is 0.971 bits per heavy atom. The van der Waals surface area contributed by atoms with Crippen LogP contribution in [0.15, 0.2) is 97.2 Å². The van der Waals surface area contributed by atoms with Crippen LogP contribution >= 0.6 is 11.8 Å². The fraction of sp³-hybridized carbons (Fsp3) is 0.148. The maximum Gasteiger partial charge on any atom is 0.347 e. The summed E-state index contributed by atoms with van der Waals surface area (Å²) in [5.41, 5.74) is 2.98. The molecular weight excluding hydrogens is 451 g/mol. The molecule has 0 spiro atoms. The van der Waals surface area contributed by atoms with E-state index in [0.717, 1.165) is 5.56 Å². The van der Waals surface area contributed by atoms with Gasteiger partial charge in [-0.25, -0.2) is 19.2 Å². The number of nitrogens with zero attached hydrogens (tertiary/aromatic N) is 2. The summed E-state index contributed by atoms with van der Waals surface area (Å²) in [6.07, 6.45) is 0.117. The molecule has 4 rings (SSSR count). The number of benzene rings is 3. The molecule has 0 fully saturated rings. The van der Waals surface area contributed by atoms with Crippen molar-refractivity contribution in [3.63, 3.8) is 0 Å². The monoisotopic (exact) mass is 474 g/mol. The van der Waals surface area contributed by atoms with Gasteiger partial charge in [0.05, 0.1) is 0 Å². The lowest BCUT2D eigenvalue weighted by Crippen LogP contribution is -2.47. The highest BCUT2D eigenvalue weighted by Gasteiger charge is 2.49. The second-order valence-corrected chi connectivity index (χ2v) is 8.92. The van der Waals surface area contributed by atoms with Gasteiger partial charge >= 0.3 is 12.0 Å². The zero-order chi connectivity index (χ0) is 24.0. The Hall–Kier alpha value is -3.71. The van der Waals surface area contributed by atoms with Gasteiger partial charge in [0.25, 0.3) is 0 Å². The van der Waals surface area contributed by atoms with Crippen molar-refractivity contribution in [2.45, 2.75) is 23.5 Å². The van der Waals surface area contributed by atoms with E-state index >= 15 is 0 Å². The summed E-state index contributed by atoms with van der Waals surface area (Å²) < 4.78 is 18.7. The summed E-state index contributed by atoms with van der Waals surface area (Å²) >= 11 is 1.41. The number of carboxylic acid groups (broad SMARTS) is 1. The molecule has 0 saturated carbocycles. The number of carbonyl (C=O) groups is 1. The Morgan fingerprint density at radius 3 is 2.21 bits per heavy atom. The van der Waals surface area contributed by atoms with E-state index in [-0.39, 0.29) is 6.01 Å². The number of aromatic nitrogens is 2. The van der Waals surface area contributed by atoms with Crippen LogP contribution in [0, 0.1) is 12.7 Å². The van der Waals surface area contributed by atoms with Gasteiger partial charge < -0.3 is 9.84 Å². The van der Waals surface area contributed by atoms with E-state index in [4.69, 9.17) is 4.74 Å². The van der Waals surface area contributed by atoms with Gasteiger partial charge in [0, 0.05) is 17.6 Å². The van der Waals surface area contributed by atoms with Crippen molar-refractivity contribution in [1.29, 1.82) is 0 Å². The molecule has 0 saturated heterocycles. The van der Waals surface area contributed by atoms with Crippen LogP contribution in [0.3, 0.4) is 0 Å². The lowest BCUT2D eigenvalue weighted by atomic mass is 9.85. The van der Waals surface area contributed by atoms with Crippen LogP contribution in [-0.2, 0) is 15.3 Å². The number of aryl methyl sites for hydroxylation is 1. The fourth-order valence-corrected chi connectivity index (χ4v) is 5.25. The van der Waals surface area contributed by atoms with Gasteiger partial charge in [-0.2, -0.15) is 0 Å². The van der Waals surface area contributed by atoms with E-state index in [1.165, 1.54) is 30.1 Å². The molecule has 172 valence electrons. The van der Waals surface area contributed by atoms with Crippen molar-refractivity contribution < 1.29 is 19.0 Å². The molecular formula is C27H23FN2O3S. The average Bonchev–Trinajstić information content (AvgIpc) is 2.86. The van der Waals surface area contributed by atoms with Crippen molar-refractivity contribution in [2.24, 2.45) is 0 Å². The average molecular weight is 475 g/mol. The lowest BCUT2D eigenvalue weighted by Gasteiger charge is -2.38. The largest absolute Gasteiger partial charge is 0.478 e. The van der Waals surface area contributed by atoms with E-state index in [2.05, 4.69) is 9.97 Å². The first-order valence-corrected chi connectivity index (χ1v) is 11.7. The quantitative estimate of drug-likeness (QED) is 0.339. The molecule has 0 radical (unpaired) electrons. The molecule has 1 aromatic heterocycles. The Labute approximate surface area is 201 Å². The van der Waals surface area contributed by atoms with Gasteiger partial charge in [-0.05, 0) is 41.8 Å². The van der Waals surface area contributed by atoms with Gasteiger partial charge in [0.2, 0.25) is 6.10 Å². The number of ether oxygens (including phenoxy) is 1. The third kappa shape index (κ3) is 5.10. The topological polar surface area (TPSA) is 72.3 Å². The summed E-state index contributed by atoms with van der Waals surface area (Å²) in [5, 5.41) is 10.4. The van der Waals surface area contributed by atoms with Crippen molar-refractivity contribution in [3.05, 3.63) is 125 Å². The van der Waals surface area contributed by atoms with Crippen molar-refractivity contribution in [1.82, 2.24) is 9.97 Å². The van der Waals surface area contributed by atoms with Gasteiger partial charge in [-0.1, -0.05) is 72.8 Å². The zero-order valence-electron chi connectivity index (χ0n) is 18.5. The smallest absolute Gasteiger partial charge is 0.347 e. The molecule has 3 aromatic carbocycles. The predicted molar refractivity (Wildman–Crippen MR) is 130 cm³/mol. The van der Waals surface area contributed by atoms with E-state index < -0.39 is 22.6 Å². The molecule has 7 heteroatoms. The molecule has 0 bridgehead atoms. The van der Waals surface area contributed by atoms with Crippen LogP contribution in [0.2, 0.25) is 0 Å². The maximum absolute atomic E-state index is 13.9. The van der Waals surface area contributed by atoms with E-state index in [0.29, 0.717) is 22.6 Å². The summed E-state index contributed by atoms with van der Waals surface area (Å²) in [4.78, 5) is 21.2. The van der Waals surface area contributed by atoms with Crippen LogP contribution in [0.5, 0.6) is 6.01 Å². The Balaban J connectivity index is 1.90. The Bertz CT molecular complexity index is 1240. The van der Waals surface area contributed by atoms with E-state index in [9.17, 15) is 14.3 Å². The minimum atomic E-state index is -1.41. The van der Waals surface area contributed by atoms with Gasteiger partial charge in [0.15, 0.2) is 0 Å². The first kappa shape index (κ1) is 23.4. The second kappa shape index (κ2) is 10.5. The number of thioether (sulfide) groups is 1. The van der Waals surface area contributed by atoms with Crippen LogP contribution in [0.1, 0.15) is 22.4 Å². The third-order valence-corrected chi connectivity index (χ3v) is 6.99. The highest BCUT2D eigenvalue weighted by Crippen LogP contribution is 2.48. The number of halogens is 1. The minimum Gasteiger partial charge on any atom is -0.478 e. The molecule has 2 atom stereocenters. The first-order chi connectivity index (χ1) is 16.5. The van der Waals surface area contributed by atoms with Gasteiger partial charge in [-0.15, -0.1) is 11.8 Å². The summed E-state index contributed by atoms with van der Waals surface area (Å²) in [6, 6.07) is 26.6. The summed E-state index contributed by atoms with van der Waals surface area (Å²) in [7, 11) is 0. The number of hydrogen-bond acceptors (Lipinski definition) is 5. The van der Waals surface area contributed by atoms with Gasteiger partial charge in [-0.3, -0.25) is 0 Å². The molecule has 5 nitrogen and oxygen atoms in total. The second-order valence-electron chi connectivity index (χ2n) is 7.70. The fourth-order valence-electron chi connectivity index (χ4n) is 3.76. The van der Waals surface area contributed by atoms with Gasteiger partial charge in [0.1, 0.15) is 10.6 Å². The summed E-state index contributed by atoms with van der Waals surface area (Å²) in [5.74, 6) is -1.10. The van der Waals surface area contributed by atoms with Crippen LogP contribution in [0.25, 0.3) is 0 Å². The highest BCUT2D eigenvalue weighted by atomic mass is 32.2. The Kier molecular flexibility index (Phi) is 7.23. The van der Waals surface area contributed by atoms with Crippen LogP contribution in [-0.4, -0.2) is 27.1 Å². The van der Waals surface area contributed by atoms with Crippen LogP contribution in [0.4, 0.5) is 4.39 Å². The molecule has 1 N–H and O–H groups in total. The third-order valence-electron chi connectivity index (χ3n) is 5.37. The minimum absolute atomic E-state index is 0.0323. The molecule has 2 unspecified atom stereocenters. The molecule has 1 heterocycles. The first-order valence-electron chi connectivity index (χ1n) is 10.7. The van der Waals surface area contributed by atoms with Crippen molar-refractivity contribution in [2.75, 3.05) is 0 Å².